The summed E-state index contributed by atoms with van der Waals surface area (Å²) in [6.07, 6.45) is 0. The molecule has 0 spiro atoms. The van der Waals surface area contributed by atoms with Crippen LogP contribution in [0.4, 0.5) is 11.4 Å². The van der Waals surface area contributed by atoms with Crippen molar-refractivity contribution >= 4 is 28.9 Å². The van der Waals surface area contributed by atoms with Gasteiger partial charge in [0, 0.05) is 5.69 Å². The van der Waals surface area contributed by atoms with Crippen LogP contribution in [0.3, 0.4) is 0 Å². The van der Waals surface area contributed by atoms with Crippen LogP contribution in [0.25, 0.3) is 0 Å². The fourth-order valence-corrected chi connectivity index (χ4v) is 1.46. The van der Waals surface area contributed by atoms with E-state index in [9.17, 15) is 4.79 Å². The fourth-order valence-electron chi connectivity index (χ4n) is 1.34. The van der Waals surface area contributed by atoms with E-state index in [4.69, 9.17) is 17.3 Å². The number of halogens is 1. The van der Waals surface area contributed by atoms with Crippen molar-refractivity contribution in [2.45, 2.75) is 19.9 Å². The Morgan fingerprint density at radius 3 is 2.76 bits per heavy atom. The van der Waals surface area contributed by atoms with E-state index < -0.39 is 0 Å². The second-order valence-electron chi connectivity index (χ2n) is 3.97. The Bertz CT molecular complexity index is 409. The zero-order valence-corrected chi connectivity index (χ0v) is 11.1. The Morgan fingerprint density at radius 1 is 1.59 bits per heavy atom. The lowest BCUT2D eigenvalue weighted by atomic mass is 10.2. The number of nitrogen functional groups attached to an aromatic ring is 1. The number of benzene rings is 1. The Morgan fingerprint density at radius 2 is 2.24 bits per heavy atom. The molecule has 17 heavy (non-hydrogen) atoms. The summed E-state index contributed by atoms with van der Waals surface area (Å²) < 4.78 is 0. The van der Waals surface area contributed by atoms with Crippen molar-refractivity contribution in [2.75, 3.05) is 24.6 Å². The van der Waals surface area contributed by atoms with Gasteiger partial charge < -0.3 is 11.1 Å². The maximum atomic E-state index is 11.9. The van der Waals surface area contributed by atoms with Gasteiger partial charge in [-0.1, -0.05) is 18.5 Å². The molecule has 1 amide bonds. The lowest BCUT2D eigenvalue weighted by Gasteiger charge is -2.22. The number of carbonyl (C=O) groups excluding carboxylic acids is 1. The van der Waals surface area contributed by atoms with Gasteiger partial charge >= 0.3 is 0 Å². The third-order valence-electron chi connectivity index (χ3n) is 2.80. The molecule has 1 atom stereocenters. The number of nitrogens with zero attached hydrogens (tertiary/aromatic N) is 1. The van der Waals surface area contributed by atoms with Crippen molar-refractivity contribution in [2.24, 2.45) is 0 Å². The molecule has 0 saturated carbocycles. The van der Waals surface area contributed by atoms with Gasteiger partial charge in [-0.2, -0.15) is 0 Å². The average molecular weight is 256 g/mol. The fraction of sp³-hybridized carbons (Fsp3) is 0.417. The summed E-state index contributed by atoms with van der Waals surface area (Å²) in [5.74, 6) is -0.0592. The van der Waals surface area contributed by atoms with Crippen LogP contribution in [-0.4, -0.2) is 30.4 Å². The quantitative estimate of drug-likeness (QED) is 0.811. The number of nitrogens with one attached hydrogen (secondary N) is 1. The smallest absolute Gasteiger partial charge is 0.241 e. The Kier molecular flexibility index (Phi) is 4.78. The Hall–Kier alpha value is -1.26. The molecule has 0 radical (unpaired) electrons. The van der Waals surface area contributed by atoms with E-state index in [1.807, 2.05) is 25.8 Å². The monoisotopic (exact) mass is 255 g/mol. The van der Waals surface area contributed by atoms with Gasteiger partial charge in [0.1, 0.15) is 0 Å². The molecule has 0 aliphatic heterocycles. The minimum absolute atomic E-state index is 0.0592. The van der Waals surface area contributed by atoms with Crippen molar-refractivity contribution in [1.29, 1.82) is 0 Å². The van der Waals surface area contributed by atoms with E-state index in [1.54, 1.807) is 18.2 Å². The molecule has 0 fully saturated rings. The van der Waals surface area contributed by atoms with Crippen molar-refractivity contribution in [1.82, 2.24) is 4.90 Å². The number of carbonyl (C=O) groups is 1. The van der Waals surface area contributed by atoms with Gasteiger partial charge in [-0.25, -0.2) is 0 Å². The second-order valence-corrected chi connectivity index (χ2v) is 4.38. The average Bonchev–Trinajstić information content (AvgIpc) is 2.31. The normalized spacial score (nSPS) is 12.5. The lowest BCUT2D eigenvalue weighted by molar-refractivity contribution is -0.120. The SMILES string of the molecule is CCN(C)C(C)C(=O)Nc1ccc(Cl)c(N)c1. The van der Waals surface area contributed by atoms with Crippen LogP contribution < -0.4 is 11.1 Å². The first-order valence-electron chi connectivity index (χ1n) is 5.51. The molecule has 1 rings (SSSR count). The molecule has 0 aromatic heterocycles. The predicted molar refractivity (Wildman–Crippen MR) is 72.3 cm³/mol. The van der Waals surface area contributed by atoms with Gasteiger partial charge in [0.25, 0.3) is 0 Å². The van der Waals surface area contributed by atoms with Crippen LogP contribution in [0.5, 0.6) is 0 Å². The maximum Gasteiger partial charge on any atom is 0.241 e. The summed E-state index contributed by atoms with van der Waals surface area (Å²) in [6, 6.07) is 4.87. The number of hydrogen-bond acceptors (Lipinski definition) is 3. The van der Waals surface area contributed by atoms with Crippen molar-refractivity contribution < 1.29 is 4.79 Å². The number of amides is 1. The zero-order chi connectivity index (χ0) is 13.0. The molecule has 0 saturated heterocycles. The summed E-state index contributed by atoms with van der Waals surface area (Å²) in [5, 5.41) is 3.29. The highest BCUT2D eigenvalue weighted by molar-refractivity contribution is 6.33. The third kappa shape index (κ3) is 3.61. The van der Waals surface area contributed by atoms with Crippen LogP contribution in [0.2, 0.25) is 5.02 Å². The molecular formula is C12H18ClN3O. The van der Waals surface area contributed by atoms with E-state index in [2.05, 4.69) is 5.32 Å². The van der Waals surface area contributed by atoms with E-state index in [1.165, 1.54) is 0 Å². The number of hydrogen-bond donors (Lipinski definition) is 2. The molecule has 1 aromatic rings. The highest BCUT2D eigenvalue weighted by atomic mass is 35.5. The Labute approximate surface area is 107 Å². The van der Waals surface area contributed by atoms with Crippen LogP contribution in [-0.2, 0) is 4.79 Å². The molecule has 0 aliphatic carbocycles. The third-order valence-corrected chi connectivity index (χ3v) is 3.15. The topological polar surface area (TPSA) is 58.4 Å². The molecular weight excluding hydrogens is 238 g/mol. The van der Waals surface area contributed by atoms with Gasteiger partial charge in [-0.05, 0) is 38.7 Å². The summed E-state index contributed by atoms with van der Waals surface area (Å²) in [4.78, 5) is 13.8. The molecule has 3 N–H and O–H groups in total. The predicted octanol–water partition coefficient (Wildman–Crippen LogP) is 2.20. The van der Waals surface area contributed by atoms with Crippen molar-refractivity contribution in [3.05, 3.63) is 23.2 Å². The second kappa shape index (κ2) is 5.89. The van der Waals surface area contributed by atoms with Gasteiger partial charge in [0.15, 0.2) is 0 Å². The van der Waals surface area contributed by atoms with Crippen molar-refractivity contribution in [3.63, 3.8) is 0 Å². The summed E-state index contributed by atoms with van der Waals surface area (Å²) >= 11 is 5.81. The first-order chi connectivity index (χ1) is 7.95. The standard InChI is InChI=1S/C12H18ClN3O/c1-4-16(3)8(2)12(17)15-9-5-6-10(13)11(14)7-9/h5-8H,4,14H2,1-3H3,(H,15,17). The zero-order valence-electron chi connectivity index (χ0n) is 10.3. The van der Waals surface area contributed by atoms with E-state index in [0.717, 1.165) is 6.54 Å². The van der Waals surface area contributed by atoms with Gasteiger partial charge in [-0.15, -0.1) is 0 Å². The number of nitrogens with two attached hydrogens (primary N) is 1. The largest absolute Gasteiger partial charge is 0.397 e. The number of rotatable bonds is 4. The van der Waals surface area contributed by atoms with Crippen LogP contribution in [0, 0.1) is 0 Å². The van der Waals surface area contributed by atoms with E-state index >= 15 is 0 Å². The van der Waals surface area contributed by atoms with Gasteiger partial charge in [-0.3, -0.25) is 9.69 Å². The first-order valence-corrected chi connectivity index (χ1v) is 5.89. The van der Waals surface area contributed by atoms with Crippen LogP contribution in [0.1, 0.15) is 13.8 Å². The lowest BCUT2D eigenvalue weighted by Crippen LogP contribution is -2.39. The number of likely N-dealkylation sites (N-methyl/N-ethyl adjacent to an activating group) is 1. The first kappa shape index (κ1) is 13.8. The highest BCUT2D eigenvalue weighted by Gasteiger charge is 2.16. The van der Waals surface area contributed by atoms with E-state index in [-0.39, 0.29) is 11.9 Å². The highest BCUT2D eigenvalue weighted by Crippen LogP contribution is 2.22. The molecule has 5 heteroatoms. The van der Waals surface area contributed by atoms with Crippen LogP contribution in [0.15, 0.2) is 18.2 Å². The molecule has 0 bridgehead atoms. The summed E-state index contributed by atoms with van der Waals surface area (Å²) in [7, 11) is 1.90. The summed E-state index contributed by atoms with van der Waals surface area (Å²) in [6.45, 7) is 4.68. The minimum atomic E-state index is -0.183. The van der Waals surface area contributed by atoms with Gasteiger partial charge in [0.05, 0.1) is 16.8 Å². The number of anilines is 2. The molecule has 4 nitrogen and oxygen atoms in total. The minimum Gasteiger partial charge on any atom is -0.397 e. The molecule has 0 aliphatic rings. The van der Waals surface area contributed by atoms with Gasteiger partial charge in [0.2, 0.25) is 5.91 Å². The van der Waals surface area contributed by atoms with E-state index in [0.29, 0.717) is 16.4 Å². The van der Waals surface area contributed by atoms with Crippen LogP contribution >= 0.6 is 11.6 Å². The molecule has 1 aromatic carbocycles. The van der Waals surface area contributed by atoms with Crippen molar-refractivity contribution in [3.8, 4) is 0 Å². The molecule has 0 heterocycles. The summed E-state index contributed by atoms with van der Waals surface area (Å²) in [5.41, 5.74) is 6.78. The molecule has 94 valence electrons. The molecule has 1 unspecified atom stereocenters. The maximum absolute atomic E-state index is 11.9. The Balaban J connectivity index is 2.71.